The van der Waals surface area contributed by atoms with Gasteiger partial charge in [-0.3, -0.25) is 9.59 Å². The number of carbonyl (C=O) groups is 2. The van der Waals surface area contributed by atoms with Crippen LogP contribution in [0.2, 0.25) is 0 Å². The monoisotopic (exact) mass is 343 g/mol. The lowest BCUT2D eigenvalue weighted by Crippen LogP contribution is -2.42. The van der Waals surface area contributed by atoms with Crippen LogP contribution >= 0.6 is 11.3 Å². The molecule has 1 atom stereocenters. The highest BCUT2D eigenvalue weighted by atomic mass is 32.1. The molecule has 1 aromatic heterocycles. The van der Waals surface area contributed by atoms with Crippen LogP contribution < -0.4 is 4.90 Å². The van der Waals surface area contributed by atoms with Gasteiger partial charge in [-0.05, 0) is 31.9 Å². The Morgan fingerprint density at radius 2 is 2.08 bits per heavy atom. The molecule has 24 heavy (non-hydrogen) atoms. The van der Waals surface area contributed by atoms with E-state index in [1.165, 1.54) is 11.3 Å². The number of amides is 2. The number of likely N-dealkylation sites (N-methyl/N-ethyl adjacent to an activating group) is 1. The van der Waals surface area contributed by atoms with Crippen molar-refractivity contribution in [3.8, 4) is 0 Å². The second-order valence-electron chi connectivity index (χ2n) is 5.92. The molecule has 1 fully saturated rings. The van der Waals surface area contributed by atoms with Gasteiger partial charge in [-0.2, -0.15) is 0 Å². The van der Waals surface area contributed by atoms with E-state index in [1.807, 2.05) is 44.2 Å². The first kappa shape index (κ1) is 16.6. The fourth-order valence-corrected chi connectivity index (χ4v) is 3.98. The number of anilines is 1. The highest BCUT2D eigenvalue weighted by molar-refractivity contribution is 7.13. The molecule has 1 aliphatic rings. The normalized spacial score (nSPS) is 17.4. The topological polar surface area (TPSA) is 53.5 Å². The van der Waals surface area contributed by atoms with Gasteiger partial charge in [0.15, 0.2) is 0 Å². The summed E-state index contributed by atoms with van der Waals surface area (Å²) >= 11 is 1.43. The molecule has 3 rings (SSSR count). The van der Waals surface area contributed by atoms with Crippen LogP contribution in [0.5, 0.6) is 0 Å². The third kappa shape index (κ3) is 2.94. The van der Waals surface area contributed by atoms with Crippen molar-refractivity contribution in [3.63, 3.8) is 0 Å². The molecule has 0 aliphatic carbocycles. The van der Waals surface area contributed by atoms with Crippen LogP contribution in [-0.2, 0) is 11.2 Å². The van der Waals surface area contributed by atoms with Gasteiger partial charge < -0.3 is 9.80 Å². The van der Waals surface area contributed by atoms with Crippen molar-refractivity contribution >= 4 is 28.8 Å². The summed E-state index contributed by atoms with van der Waals surface area (Å²) in [6, 6.07) is 9.18. The van der Waals surface area contributed by atoms with E-state index in [4.69, 9.17) is 0 Å². The van der Waals surface area contributed by atoms with Crippen LogP contribution in [0.25, 0.3) is 0 Å². The number of hydrogen-bond acceptors (Lipinski definition) is 4. The van der Waals surface area contributed by atoms with Crippen LogP contribution in [0.1, 0.15) is 33.7 Å². The van der Waals surface area contributed by atoms with Gasteiger partial charge in [-0.1, -0.05) is 25.1 Å². The minimum Gasteiger partial charge on any atom is -0.329 e. The number of rotatable bonds is 4. The second kappa shape index (κ2) is 6.73. The maximum absolute atomic E-state index is 12.8. The molecule has 5 nitrogen and oxygen atoms in total. The lowest BCUT2D eigenvalue weighted by atomic mass is 10.2. The molecule has 1 saturated heterocycles. The average Bonchev–Trinajstić information content (AvgIpc) is 3.17. The molecule has 0 N–H and O–H groups in total. The zero-order valence-corrected chi connectivity index (χ0v) is 15.0. The van der Waals surface area contributed by atoms with Gasteiger partial charge in [0, 0.05) is 19.3 Å². The van der Waals surface area contributed by atoms with E-state index in [1.54, 1.807) is 16.8 Å². The van der Waals surface area contributed by atoms with E-state index in [-0.39, 0.29) is 11.8 Å². The molecule has 1 aromatic carbocycles. The minimum atomic E-state index is -0.413. The number of aromatic nitrogens is 1. The van der Waals surface area contributed by atoms with Gasteiger partial charge in [0.1, 0.15) is 10.9 Å². The molecule has 1 aliphatic heterocycles. The van der Waals surface area contributed by atoms with Crippen molar-refractivity contribution in [2.75, 3.05) is 18.5 Å². The van der Waals surface area contributed by atoms with E-state index in [0.717, 1.165) is 22.8 Å². The van der Waals surface area contributed by atoms with Gasteiger partial charge in [-0.25, -0.2) is 4.98 Å². The Morgan fingerprint density at radius 3 is 2.71 bits per heavy atom. The Labute approximate surface area is 145 Å². The third-order valence-electron chi connectivity index (χ3n) is 4.37. The van der Waals surface area contributed by atoms with Gasteiger partial charge in [0.05, 0.1) is 10.7 Å². The highest BCUT2D eigenvalue weighted by Crippen LogP contribution is 2.26. The molecule has 2 heterocycles. The van der Waals surface area contributed by atoms with Gasteiger partial charge in [0.2, 0.25) is 5.91 Å². The number of nitrogens with zero attached hydrogens (tertiary/aromatic N) is 3. The molecule has 2 amide bonds. The van der Waals surface area contributed by atoms with Gasteiger partial charge in [0.25, 0.3) is 5.91 Å². The van der Waals surface area contributed by atoms with Crippen molar-refractivity contribution in [2.45, 2.75) is 32.7 Å². The van der Waals surface area contributed by atoms with Gasteiger partial charge in [-0.15, -0.1) is 11.3 Å². The van der Waals surface area contributed by atoms with Crippen LogP contribution in [-0.4, -0.2) is 41.3 Å². The maximum Gasteiger partial charge on any atom is 0.266 e. The predicted octanol–water partition coefficient (Wildman–Crippen LogP) is 2.89. The molecular weight excluding hydrogens is 322 g/mol. The molecule has 0 spiro atoms. The lowest BCUT2D eigenvalue weighted by molar-refractivity contribution is -0.120. The molecule has 0 bridgehead atoms. The van der Waals surface area contributed by atoms with Crippen molar-refractivity contribution in [2.24, 2.45) is 0 Å². The number of thiazole rings is 1. The van der Waals surface area contributed by atoms with Crippen LogP contribution in [0.3, 0.4) is 0 Å². The summed E-state index contributed by atoms with van der Waals surface area (Å²) in [6.45, 7) is 4.50. The van der Waals surface area contributed by atoms with E-state index in [0.29, 0.717) is 17.8 Å². The molecule has 6 heteroatoms. The summed E-state index contributed by atoms with van der Waals surface area (Å²) in [7, 11) is 1.71. The SMILES string of the molecule is CCc1nc(C)c(C(=O)N(C)[C@@H]2CCN(c3ccccc3)C2=O)s1. The van der Waals surface area contributed by atoms with Crippen LogP contribution in [0.15, 0.2) is 30.3 Å². The van der Waals surface area contributed by atoms with Crippen molar-refractivity contribution in [3.05, 3.63) is 45.9 Å². The van der Waals surface area contributed by atoms with Crippen molar-refractivity contribution < 1.29 is 9.59 Å². The zero-order chi connectivity index (χ0) is 17.3. The zero-order valence-electron chi connectivity index (χ0n) is 14.2. The molecule has 0 unspecified atom stereocenters. The third-order valence-corrected chi connectivity index (χ3v) is 5.66. The van der Waals surface area contributed by atoms with Gasteiger partial charge >= 0.3 is 0 Å². The standard InChI is InChI=1S/C18H21N3O2S/c1-4-15-19-12(2)16(24-15)18(23)20(3)14-10-11-21(17(14)22)13-8-6-5-7-9-13/h5-9,14H,4,10-11H2,1-3H3/t14-/m1/s1. The summed E-state index contributed by atoms with van der Waals surface area (Å²) in [5.41, 5.74) is 1.63. The van der Waals surface area contributed by atoms with E-state index in [9.17, 15) is 9.59 Å². The molecule has 0 radical (unpaired) electrons. The van der Waals surface area contributed by atoms with Crippen molar-refractivity contribution in [1.82, 2.24) is 9.88 Å². The van der Waals surface area contributed by atoms with E-state index >= 15 is 0 Å². The number of para-hydroxylation sites is 1. The smallest absolute Gasteiger partial charge is 0.266 e. The summed E-state index contributed by atoms with van der Waals surface area (Å²) in [5, 5.41) is 0.952. The largest absolute Gasteiger partial charge is 0.329 e. The number of aryl methyl sites for hydroxylation is 2. The summed E-state index contributed by atoms with van der Waals surface area (Å²) in [4.78, 5) is 33.9. The second-order valence-corrected chi connectivity index (χ2v) is 7.01. The molecule has 0 saturated carbocycles. The molecule has 126 valence electrons. The van der Waals surface area contributed by atoms with Crippen LogP contribution in [0.4, 0.5) is 5.69 Å². The quantitative estimate of drug-likeness (QED) is 0.858. The van der Waals surface area contributed by atoms with E-state index in [2.05, 4.69) is 4.98 Å². The summed E-state index contributed by atoms with van der Waals surface area (Å²) in [6.07, 6.45) is 1.46. The Morgan fingerprint density at radius 1 is 1.38 bits per heavy atom. The molecular formula is C18H21N3O2S. The van der Waals surface area contributed by atoms with Crippen LogP contribution in [0, 0.1) is 6.92 Å². The maximum atomic E-state index is 12.8. The Hall–Kier alpha value is -2.21. The fraction of sp³-hybridized carbons (Fsp3) is 0.389. The Kier molecular flexibility index (Phi) is 4.66. The fourth-order valence-electron chi connectivity index (χ4n) is 2.99. The Balaban J connectivity index is 1.78. The van der Waals surface area contributed by atoms with Crippen molar-refractivity contribution in [1.29, 1.82) is 0 Å². The lowest BCUT2D eigenvalue weighted by Gasteiger charge is -2.23. The first-order valence-electron chi connectivity index (χ1n) is 8.12. The number of benzene rings is 1. The number of hydrogen-bond donors (Lipinski definition) is 0. The average molecular weight is 343 g/mol. The summed E-state index contributed by atoms with van der Waals surface area (Å²) < 4.78 is 0. The predicted molar refractivity (Wildman–Crippen MR) is 95.5 cm³/mol. The number of carbonyl (C=O) groups excluding carboxylic acids is 2. The highest BCUT2D eigenvalue weighted by Gasteiger charge is 2.38. The molecule has 2 aromatic rings. The summed E-state index contributed by atoms with van der Waals surface area (Å²) in [5.74, 6) is -0.132. The first-order chi connectivity index (χ1) is 11.5. The van der Waals surface area contributed by atoms with E-state index < -0.39 is 6.04 Å². The minimum absolute atomic E-state index is 0.0186. The Bertz CT molecular complexity index is 757. The first-order valence-corrected chi connectivity index (χ1v) is 8.94.